The highest BCUT2D eigenvalue weighted by atomic mass is 19.4. The minimum Gasteiger partial charge on any atom is -0.394 e. The fourth-order valence-electron chi connectivity index (χ4n) is 5.26. The minimum absolute atomic E-state index is 0.00449. The lowest BCUT2D eigenvalue weighted by Gasteiger charge is -2.32. The Kier molecular flexibility index (Phi) is 8.82. The molecule has 0 saturated carbocycles. The van der Waals surface area contributed by atoms with Crippen molar-refractivity contribution < 1.29 is 50.5 Å². The predicted molar refractivity (Wildman–Crippen MR) is 147 cm³/mol. The van der Waals surface area contributed by atoms with Gasteiger partial charge in [-0.25, -0.2) is 9.37 Å². The van der Waals surface area contributed by atoms with Crippen molar-refractivity contribution in [3.05, 3.63) is 76.7 Å². The number of aliphatic hydroxyl groups is 2. The number of rotatable bonds is 7. The number of hydrogen-bond acceptors (Lipinski definition) is 6. The molecule has 0 aliphatic carbocycles. The van der Waals surface area contributed by atoms with Gasteiger partial charge in [0.05, 0.1) is 47.2 Å². The fraction of sp³-hybridized carbons (Fsp3) is 0.367. The molecule has 236 valence electrons. The Hall–Kier alpha value is -4.04. The summed E-state index contributed by atoms with van der Waals surface area (Å²) in [6.07, 6.45) is -9.23. The number of halogens is 7. The van der Waals surface area contributed by atoms with Crippen molar-refractivity contribution in [3.63, 3.8) is 0 Å². The first-order valence-electron chi connectivity index (χ1n) is 13.3. The second-order valence-electron chi connectivity index (χ2n) is 11.0. The summed E-state index contributed by atoms with van der Waals surface area (Å²) in [7, 11) is 1.24. The van der Waals surface area contributed by atoms with E-state index in [4.69, 9.17) is 0 Å². The highest BCUT2D eigenvalue weighted by Gasteiger charge is 2.41. The second kappa shape index (κ2) is 11.8. The zero-order valence-electron chi connectivity index (χ0n) is 23.7. The molecule has 2 aromatic carbocycles. The van der Waals surface area contributed by atoms with E-state index in [1.165, 1.54) is 39.2 Å². The number of alkyl halides is 6. The number of aromatic nitrogens is 1. The van der Waals surface area contributed by atoms with Gasteiger partial charge in [-0.2, -0.15) is 26.3 Å². The van der Waals surface area contributed by atoms with E-state index in [2.05, 4.69) is 4.98 Å². The fourth-order valence-corrected chi connectivity index (χ4v) is 5.26. The molecule has 1 fully saturated rings. The van der Waals surface area contributed by atoms with Crippen LogP contribution < -0.4 is 9.80 Å². The highest BCUT2D eigenvalue weighted by Crippen LogP contribution is 2.41. The first-order valence-corrected chi connectivity index (χ1v) is 13.3. The molecule has 0 spiro atoms. The van der Waals surface area contributed by atoms with Gasteiger partial charge < -0.3 is 20.0 Å². The maximum absolute atomic E-state index is 14.0. The molecular formula is C30H28F7N3O4. The number of likely N-dealkylation sites (N-methyl/N-ethyl adjacent to an activating group) is 1. The normalized spacial score (nSPS) is 17.6. The van der Waals surface area contributed by atoms with Gasteiger partial charge in [-0.3, -0.25) is 9.59 Å². The second-order valence-corrected chi connectivity index (χ2v) is 11.0. The molecule has 1 saturated heterocycles. The van der Waals surface area contributed by atoms with Crippen LogP contribution in [0.15, 0.2) is 48.7 Å². The Bertz CT molecular complexity index is 1540. The Morgan fingerprint density at radius 2 is 1.59 bits per heavy atom. The summed E-state index contributed by atoms with van der Waals surface area (Å²) in [6, 6.07) is 4.96. The van der Waals surface area contributed by atoms with E-state index in [9.17, 15) is 50.5 Å². The Labute approximate surface area is 247 Å². The van der Waals surface area contributed by atoms with E-state index < -0.39 is 64.9 Å². The van der Waals surface area contributed by atoms with Crippen LogP contribution in [0.1, 0.15) is 47.3 Å². The smallest absolute Gasteiger partial charge is 0.394 e. The van der Waals surface area contributed by atoms with Gasteiger partial charge in [0.15, 0.2) is 6.29 Å². The predicted octanol–water partition coefficient (Wildman–Crippen LogP) is 5.61. The topological polar surface area (TPSA) is 94.0 Å². The summed E-state index contributed by atoms with van der Waals surface area (Å²) in [5.74, 6) is -1.42. The number of pyridine rings is 1. The van der Waals surface area contributed by atoms with Gasteiger partial charge in [-0.05, 0) is 67.8 Å². The van der Waals surface area contributed by atoms with Gasteiger partial charge in [-0.15, -0.1) is 0 Å². The standard InChI is InChI=1S/C30H28F7N3O4/c1-28(2,17-9-18(29(32,33)34)11-19(10-17)30(35,36)37)27(44)39(3)23-13-38-26(40-7-6-25(43)24(40)15-42)12-22(23)21-5-4-20(31)8-16(21)14-41/h4-5,8-14,24-25,42-43H,6-7,15H2,1-3H3/t24-,25+/m1/s1. The maximum atomic E-state index is 14.0. The SMILES string of the molecule is CN(C(=O)C(C)(C)c1cc(C(F)(F)F)cc(C(F)(F)F)c1)c1cnc(N2CC[C@H](O)[C@H]2CO)cc1-c1ccc(F)cc1C=O. The molecule has 0 bridgehead atoms. The molecule has 14 heteroatoms. The quantitative estimate of drug-likeness (QED) is 0.261. The molecule has 3 aromatic rings. The van der Waals surface area contributed by atoms with Crippen LogP contribution in [0.25, 0.3) is 11.1 Å². The molecule has 0 unspecified atom stereocenters. The zero-order chi connectivity index (χ0) is 32.8. The lowest BCUT2D eigenvalue weighted by atomic mass is 9.81. The summed E-state index contributed by atoms with van der Waals surface area (Å²) >= 11 is 0. The molecule has 0 radical (unpaired) electrons. The molecule has 1 aliphatic rings. The first-order chi connectivity index (χ1) is 20.4. The van der Waals surface area contributed by atoms with E-state index in [0.29, 0.717) is 31.4 Å². The number of nitrogens with zero attached hydrogens (tertiary/aromatic N) is 3. The number of aliphatic hydroxyl groups excluding tert-OH is 2. The molecule has 44 heavy (non-hydrogen) atoms. The molecule has 1 amide bonds. The van der Waals surface area contributed by atoms with Crippen molar-refractivity contribution in [2.45, 2.75) is 50.2 Å². The van der Waals surface area contributed by atoms with Crippen molar-refractivity contribution in [1.29, 1.82) is 0 Å². The van der Waals surface area contributed by atoms with Crippen LogP contribution in [0, 0.1) is 5.82 Å². The Balaban J connectivity index is 1.86. The molecular weight excluding hydrogens is 599 g/mol. The lowest BCUT2D eigenvalue weighted by Crippen LogP contribution is -2.42. The number of anilines is 2. The molecule has 2 N–H and O–H groups in total. The minimum atomic E-state index is -5.13. The van der Waals surface area contributed by atoms with E-state index in [-0.39, 0.29) is 34.3 Å². The van der Waals surface area contributed by atoms with Crippen LogP contribution in [-0.4, -0.2) is 59.7 Å². The molecule has 1 aliphatic heterocycles. The number of aldehydes is 1. The summed E-state index contributed by atoms with van der Waals surface area (Å²) in [4.78, 5) is 32.7. The van der Waals surface area contributed by atoms with Gasteiger partial charge in [0.2, 0.25) is 5.91 Å². The average Bonchev–Trinajstić information content (AvgIpc) is 3.34. The van der Waals surface area contributed by atoms with Crippen molar-refractivity contribution in [1.82, 2.24) is 4.98 Å². The number of carbonyl (C=O) groups is 2. The van der Waals surface area contributed by atoms with E-state index in [1.54, 1.807) is 4.90 Å². The summed E-state index contributed by atoms with van der Waals surface area (Å²) in [5.41, 5.74) is -5.45. The largest absolute Gasteiger partial charge is 0.416 e. The number of carbonyl (C=O) groups excluding carboxylic acids is 2. The van der Waals surface area contributed by atoms with Crippen molar-refractivity contribution in [2.75, 3.05) is 30.0 Å². The van der Waals surface area contributed by atoms with E-state index in [1.807, 2.05) is 0 Å². The highest BCUT2D eigenvalue weighted by molar-refractivity contribution is 6.04. The van der Waals surface area contributed by atoms with Gasteiger partial charge in [-0.1, -0.05) is 6.07 Å². The van der Waals surface area contributed by atoms with Gasteiger partial charge in [0.25, 0.3) is 0 Å². The summed E-state index contributed by atoms with van der Waals surface area (Å²) in [6.45, 7) is 2.23. The molecule has 2 heterocycles. The van der Waals surface area contributed by atoms with E-state index >= 15 is 0 Å². The number of hydrogen-bond donors (Lipinski definition) is 2. The molecule has 7 nitrogen and oxygen atoms in total. The van der Waals surface area contributed by atoms with Crippen LogP contribution >= 0.6 is 0 Å². The molecule has 1 aromatic heterocycles. The van der Waals surface area contributed by atoms with Crippen LogP contribution in [0.3, 0.4) is 0 Å². The molecule has 2 atom stereocenters. The monoisotopic (exact) mass is 627 g/mol. The maximum Gasteiger partial charge on any atom is 0.416 e. The zero-order valence-corrected chi connectivity index (χ0v) is 23.7. The summed E-state index contributed by atoms with van der Waals surface area (Å²) in [5, 5.41) is 20.1. The Morgan fingerprint density at radius 3 is 2.14 bits per heavy atom. The third-order valence-corrected chi connectivity index (χ3v) is 7.80. The van der Waals surface area contributed by atoms with Gasteiger partial charge in [0, 0.05) is 24.7 Å². The number of benzene rings is 2. The summed E-state index contributed by atoms with van der Waals surface area (Å²) < 4.78 is 95.4. The Morgan fingerprint density at radius 1 is 1.00 bits per heavy atom. The first kappa shape index (κ1) is 32.9. The van der Waals surface area contributed by atoms with Gasteiger partial charge in [0.1, 0.15) is 11.6 Å². The third kappa shape index (κ3) is 6.27. The average molecular weight is 628 g/mol. The van der Waals surface area contributed by atoms with Crippen molar-refractivity contribution >= 4 is 23.7 Å². The third-order valence-electron chi connectivity index (χ3n) is 7.80. The van der Waals surface area contributed by atoms with Crippen LogP contribution in [-0.2, 0) is 22.6 Å². The van der Waals surface area contributed by atoms with Crippen molar-refractivity contribution in [3.8, 4) is 11.1 Å². The van der Waals surface area contributed by atoms with Gasteiger partial charge >= 0.3 is 12.4 Å². The van der Waals surface area contributed by atoms with Crippen LogP contribution in [0.2, 0.25) is 0 Å². The van der Waals surface area contributed by atoms with Crippen molar-refractivity contribution in [2.24, 2.45) is 0 Å². The van der Waals surface area contributed by atoms with E-state index in [0.717, 1.165) is 17.0 Å². The van der Waals surface area contributed by atoms with Crippen LogP contribution in [0.5, 0.6) is 0 Å². The van der Waals surface area contributed by atoms with Crippen LogP contribution in [0.4, 0.5) is 42.2 Å². The number of amides is 1. The molecule has 4 rings (SSSR count). The lowest BCUT2D eigenvalue weighted by molar-refractivity contribution is -0.143.